The number of Topliss-reactive ketones (excluding diaryl/α,β-unsaturated/α-hetero) is 1. The predicted octanol–water partition coefficient (Wildman–Crippen LogP) is 7.21. The van der Waals surface area contributed by atoms with E-state index in [0.717, 1.165) is 11.1 Å². The van der Waals surface area contributed by atoms with Gasteiger partial charge < -0.3 is 18.9 Å². The van der Waals surface area contributed by atoms with E-state index in [1.165, 1.54) is 37.4 Å². The predicted molar refractivity (Wildman–Crippen MR) is 165 cm³/mol. The van der Waals surface area contributed by atoms with Crippen LogP contribution in [0.15, 0.2) is 60.8 Å². The number of carbonyl (C=O) groups is 3. The topological polar surface area (TPSA) is 101 Å². The molecule has 0 saturated heterocycles. The second-order valence-electron chi connectivity index (χ2n) is 11.4. The number of nitrogens with zero attached hydrogens (tertiary/aromatic N) is 1. The highest BCUT2D eigenvalue weighted by atomic mass is 16.7. The van der Waals surface area contributed by atoms with E-state index in [2.05, 4.69) is 81.2 Å². The van der Waals surface area contributed by atoms with E-state index in [-0.39, 0.29) is 29.5 Å². The van der Waals surface area contributed by atoms with Crippen LogP contribution in [0.2, 0.25) is 0 Å². The Labute approximate surface area is 254 Å². The third-order valence-electron chi connectivity index (χ3n) is 7.41. The summed E-state index contributed by atoms with van der Waals surface area (Å²) in [6, 6.07) is 18.4. The minimum Gasteiger partial charge on any atom is -0.493 e. The maximum absolute atomic E-state index is 13.3. The highest BCUT2D eigenvalue weighted by molar-refractivity contribution is 5.99. The molecule has 3 rings (SSSR count). The molecule has 2 aromatic carbocycles. The van der Waals surface area contributed by atoms with Crippen molar-refractivity contribution in [2.24, 2.45) is 5.92 Å². The average Bonchev–Trinajstić information content (AvgIpc) is 2.97. The fourth-order valence-electron chi connectivity index (χ4n) is 4.84. The summed E-state index contributed by atoms with van der Waals surface area (Å²) in [5.41, 5.74) is 4.53. The summed E-state index contributed by atoms with van der Waals surface area (Å²) in [6.07, 6.45) is 0.750. The quantitative estimate of drug-likeness (QED) is 0.110. The molecule has 230 valence electrons. The number of ketones is 1. The Morgan fingerprint density at radius 3 is 1.74 bits per heavy atom. The lowest BCUT2D eigenvalue weighted by atomic mass is 9.85. The molecule has 1 aromatic heterocycles. The summed E-state index contributed by atoms with van der Waals surface area (Å²) >= 11 is 0. The lowest BCUT2D eigenvalue weighted by Gasteiger charge is -2.27. The van der Waals surface area contributed by atoms with Crippen LogP contribution in [0.3, 0.4) is 0 Å². The van der Waals surface area contributed by atoms with Crippen molar-refractivity contribution in [3.8, 4) is 11.5 Å². The number of ether oxygens (including phenoxy) is 4. The third kappa shape index (κ3) is 8.89. The molecule has 0 spiro atoms. The van der Waals surface area contributed by atoms with Crippen LogP contribution in [-0.2, 0) is 19.1 Å². The molecular weight excluding hydrogens is 546 g/mol. The molecule has 0 bridgehead atoms. The first kappa shape index (κ1) is 33.3. The Hall–Kier alpha value is -4.20. The molecule has 2 atom stereocenters. The Morgan fingerprint density at radius 2 is 1.28 bits per heavy atom. The van der Waals surface area contributed by atoms with Crippen molar-refractivity contribution >= 4 is 17.7 Å². The van der Waals surface area contributed by atoms with Gasteiger partial charge in [-0.1, -0.05) is 83.1 Å². The normalized spacial score (nSPS) is 12.6. The summed E-state index contributed by atoms with van der Waals surface area (Å²) in [4.78, 5) is 41.9. The molecule has 0 aliphatic heterocycles. The molecule has 8 nitrogen and oxygen atoms in total. The third-order valence-corrected chi connectivity index (χ3v) is 7.41. The Bertz CT molecular complexity index is 1330. The van der Waals surface area contributed by atoms with E-state index >= 15 is 0 Å². The summed E-state index contributed by atoms with van der Waals surface area (Å²) in [5.74, 6) is -1.31. The van der Waals surface area contributed by atoms with Gasteiger partial charge in [0, 0.05) is 31.5 Å². The Kier molecular flexibility index (Phi) is 11.9. The SMILES string of the molecule is COc1ccnc(C(=O)C[C@@H](C)C(=O)O[C@@H](C)C(c2ccc(C(C)C)cc2)c2ccc(C(C)C)cc2)c1OCOC(C)=O. The second kappa shape index (κ2) is 15.3. The van der Waals surface area contributed by atoms with Crippen molar-refractivity contribution in [3.63, 3.8) is 0 Å². The van der Waals surface area contributed by atoms with Gasteiger partial charge in [0.15, 0.2) is 23.0 Å². The van der Waals surface area contributed by atoms with Crippen molar-refractivity contribution in [2.45, 2.75) is 78.7 Å². The van der Waals surface area contributed by atoms with Gasteiger partial charge in [0.1, 0.15) is 6.10 Å². The molecule has 0 amide bonds. The number of benzene rings is 2. The number of esters is 2. The van der Waals surface area contributed by atoms with Gasteiger partial charge in [-0.15, -0.1) is 0 Å². The number of aromatic nitrogens is 1. The molecule has 0 radical (unpaired) electrons. The number of hydrogen-bond acceptors (Lipinski definition) is 8. The van der Waals surface area contributed by atoms with Gasteiger partial charge in [-0.3, -0.25) is 14.4 Å². The minimum absolute atomic E-state index is 0.0208. The van der Waals surface area contributed by atoms with Crippen LogP contribution < -0.4 is 9.47 Å². The van der Waals surface area contributed by atoms with Crippen molar-refractivity contribution in [1.82, 2.24) is 4.98 Å². The van der Waals surface area contributed by atoms with Gasteiger partial charge >= 0.3 is 11.9 Å². The molecule has 0 N–H and O–H groups in total. The van der Waals surface area contributed by atoms with E-state index < -0.39 is 36.5 Å². The van der Waals surface area contributed by atoms with Crippen LogP contribution in [0.25, 0.3) is 0 Å². The Balaban J connectivity index is 1.80. The smallest absolute Gasteiger partial charge is 0.309 e. The molecule has 0 aliphatic rings. The zero-order valence-electron chi connectivity index (χ0n) is 26.4. The first-order valence-electron chi connectivity index (χ1n) is 14.6. The van der Waals surface area contributed by atoms with Gasteiger partial charge in [-0.05, 0) is 41.0 Å². The molecule has 1 heterocycles. The summed E-state index contributed by atoms with van der Waals surface area (Å²) in [5, 5.41) is 0. The zero-order chi connectivity index (χ0) is 31.7. The molecule has 3 aromatic rings. The lowest BCUT2D eigenvalue weighted by molar-refractivity contribution is -0.153. The summed E-state index contributed by atoms with van der Waals surface area (Å²) in [7, 11) is 1.42. The highest BCUT2D eigenvalue weighted by Gasteiger charge is 2.29. The lowest BCUT2D eigenvalue weighted by Crippen LogP contribution is -2.28. The largest absolute Gasteiger partial charge is 0.493 e. The standard InChI is InChI=1S/C35H43NO7/c1-21(2)26-9-13-28(14-10-26)32(29-15-11-27(12-16-29)22(3)4)24(6)43-35(39)23(5)19-30(38)33-34(42-20-41-25(7)37)31(40-8)17-18-36-33/h9-18,21-24,32H,19-20H2,1-8H3/t23-,24+/m1/s1. The van der Waals surface area contributed by atoms with Crippen LogP contribution in [0.1, 0.15) is 105 Å². The van der Waals surface area contributed by atoms with E-state index in [4.69, 9.17) is 18.9 Å². The van der Waals surface area contributed by atoms with Gasteiger partial charge in [0.25, 0.3) is 0 Å². The maximum atomic E-state index is 13.3. The van der Waals surface area contributed by atoms with Crippen LogP contribution in [0.4, 0.5) is 0 Å². The molecule has 0 aliphatic carbocycles. The molecule has 8 heteroatoms. The number of rotatable bonds is 14. The maximum Gasteiger partial charge on any atom is 0.309 e. The fraction of sp³-hybridized carbons (Fsp3) is 0.429. The number of hydrogen-bond donors (Lipinski definition) is 0. The average molecular weight is 590 g/mol. The molecule has 43 heavy (non-hydrogen) atoms. The Morgan fingerprint density at radius 1 is 0.767 bits per heavy atom. The number of carbonyl (C=O) groups excluding carboxylic acids is 3. The number of pyridine rings is 1. The molecular formula is C35H43NO7. The monoisotopic (exact) mass is 589 g/mol. The van der Waals surface area contributed by atoms with E-state index in [9.17, 15) is 14.4 Å². The van der Waals surface area contributed by atoms with Gasteiger partial charge in [0.2, 0.25) is 6.79 Å². The van der Waals surface area contributed by atoms with Crippen LogP contribution in [-0.4, -0.2) is 42.7 Å². The van der Waals surface area contributed by atoms with Crippen molar-refractivity contribution in [1.29, 1.82) is 0 Å². The van der Waals surface area contributed by atoms with Gasteiger partial charge in [-0.2, -0.15) is 0 Å². The first-order chi connectivity index (χ1) is 20.4. The van der Waals surface area contributed by atoms with Crippen LogP contribution >= 0.6 is 0 Å². The summed E-state index contributed by atoms with van der Waals surface area (Å²) in [6.45, 7) is 13.0. The molecule has 0 fully saturated rings. The second-order valence-corrected chi connectivity index (χ2v) is 11.4. The van der Waals surface area contributed by atoms with Gasteiger partial charge in [-0.25, -0.2) is 4.98 Å². The van der Waals surface area contributed by atoms with E-state index in [1.807, 2.05) is 6.92 Å². The minimum atomic E-state index is -0.753. The van der Waals surface area contributed by atoms with E-state index in [1.54, 1.807) is 6.92 Å². The first-order valence-corrected chi connectivity index (χ1v) is 14.6. The highest BCUT2D eigenvalue weighted by Crippen LogP contribution is 2.34. The van der Waals surface area contributed by atoms with Crippen LogP contribution in [0.5, 0.6) is 11.5 Å². The number of methoxy groups -OCH3 is 1. The van der Waals surface area contributed by atoms with E-state index in [0.29, 0.717) is 11.8 Å². The zero-order valence-corrected chi connectivity index (χ0v) is 26.4. The molecule has 0 saturated carbocycles. The summed E-state index contributed by atoms with van der Waals surface area (Å²) < 4.78 is 21.7. The van der Waals surface area contributed by atoms with Crippen molar-refractivity contribution < 1.29 is 33.3 Å². The van der Waals surface area contributed by atoms with Crippen molar-refractivity contribution in [2.75, 3.05) is 13.9 Å². The molecule has 0 unspecified atom stereocenters. The van der Waals surface area contributed by atoms with Crippen molar-refractivity contribution in [3.05, 3.63) is 88.7 Å². The fourth-order valence-corrected chi connectivity index (χ4v) is 4.84. The van der Waals surface area contributed by atoms with Gasteiger partial charge in [0.05, 0.1) is 13.0 Å². The van der Waals surface area contributed by atoms with Crippen LogP contribution in [0, 0.1) is 5.92 Å².